The number of amides is 1. The average molecular weight is 486 g/mol. The predicted molar refractivity (Wildman–Crippen MR) is 146 cm³/mol. The third kappa shape index (κ3) is 5.33. The summed E-state index contributed by atoms with van der Waals surface area (Å²) in [5, 5.41) is 4.13. The number of hydrogen-bond donors (Lipinski definition) is 1. The fourth-order valence-corrected chi connectivity index (χ4v) is 4.91. The number of aryl methyl sites for hydroxylation is 1. The number of anilines is 1. The van der Waals surface area contributed by atoms with Crippen molar-refractivity contribution < 1.29 is 4.79 Å². The van der Waals surface area contributed by atoms with Crippen molar-refractivity contribution in [2.75, 3.05) is 11.1 Å². The van der Waals surface area contributed by atoms with Crippen molar-refractivity contribution in [3.8, 4) is 5.69 Å². The quantitative estimate of drug-likeness (QED) is 0.234. The largest absolute Gasteiger partial charge is 0.325 e. The van der Waals surface area contributed by atoms with Crippen LogP contribution in [-0.2, 0) is 4.79 Å². The van der Waals surface area contributed by atoms with Gasteiger partial charge in [0.15, 0.2) is 5.16 Å². The summed E-state index contributed by atoms with van der Waals surface area (Å²) in [7, 11) is 0. The topological polar surface area (TPSA) is 64.0 Å². The summed E-state index contributed by atoms with van der Waals surface area (Å²) in [5.74, 6) is 0.695. The van der Waals surface area contributed by atoms with E-state index in [-0.39, 0.29) is 17.2 Å². The van der Waals surface area contributed by atoms with E-state index in [0.29, 0.717) is 27.9 Å². The van der Waals surface area contributed by atoms with Crippen LogP contribution < -0.4 is 10.9 Å². The van der Waals surface area contributed by atoms with Crippen LogP contribution in [0.2, 0.25) is 0 Å². The highest BCUT2D eigenvalue weighted by Crippen LogP contribution is 2.28. The lowest BCUT2D eigenvalue weighted by Crippen LogP contribution is -2.23. The SMILES string of the molecule is Cc1cccc(C(C)C)c1NC(=O)CSc1nc2ccccc2c(=O)n1-c1ccc(C(C)C)cc1. The summed E-state index contributed by atoms with van der Waals surface area (Å²) in [6.07, 6.45) is 0. The van der Waals surface area contributed by atoms with Gasteiger partial charge in [0.25, 0.3) is 5.56 Å². The maximum atomic E-state index is 13.5. The molecule has 0 radical (unpaired) electrons. The lowest BCUT2D eigenvalue weighted by Gasteiger charge is -2.17. The van der Waals surface area contributed by atoms with Crippen molar-refractivity contribution >= 4 is 34.3 Å². The van der Waals surface area contributed by atoms with E-state index in [0.717, 1.165) is 22.5 Å². The number of aromatic nitrogens is 2. The van der Waals surface area contributed by atoms with E-state index in [1.54, 1.807) is 10.6 Å². The van der Waals surface area contributed by atoms with Gasteiger partial charge in [0.2, 0.25) is 5.91 Å². The van der Waals surface area contributed by atoms with Crippen LogP contribution in [0.1, 0.15) is 56.2 Å². The molecule has 4 aromatic rings. The summed E-state index contributed by atoms with van der Waals surface area (Å²) in [6, 6.07) is 21.3. The standard InChI is InChI=1S/C29H31N3O2S/c1-18(2)21-13-15-22(16-14-21)32-28(34)24-10-6-7-12-25(24)30-29(32)35-17-26(33)31-27-20(5)9-8-11-23(27)19(3)4/h6-16,18-19H,17H2,1-5H3,(H,31,33). The van der Waals surface area contributed by atoms with Crippen LogP contribution in [0, 0.1) is 6.92 Å². The molecule has 0 aliphatic rings. The predicted octanol–water partition coefficient (Wildman–Crippen LogP) is 6.67. The second kappa shape index (κ2) is 10.5. The summed E-state index contributed by atoms with van der Waals surface area (Å²) in [4.78, 5) is 31.2. The molecular formula is C29H31N3O2S. The van der Waals surface area contributed by atoms with Crippen molar-refractivity contribution in [1.29, 1.82) is 0 Å². The molecule has 5 nitrogen and oxygen atoms in total. The second-order valence-corrected chi connectivity index (χ2v) is 10.3. The van der Waals surface area contributed by atoms with Gasteiger partial charge in [-0.1, -0.05) is 81.9 Å². The first-order chi connectivity index (χ1) is 16.8. The molecule has 1 N–H and O–H groups in total. The molecule has 0 unspecified atom stereocenters. The molecule has 0 spiro atoms. The Bertz CT molecular complexity index is 1420. The van der Waals surface area contributed by atoms with E-state index < -0.39 is 0 Å². The van der Waals surface area contributed by atoms with Gasteiger partial charge in [-0.25, -0.2) is 4.98 Å². The van der Waals surface area contributed by atoms with Crippen molar-refractivity contribution in [1.82, 2.24) is 9.55 Å². The Kier molecular flexibility index (Phi) is 7.41. The van der Waals surface area contributed by atoms with E-state index >= 15 is 0 Å². The number of thioether (sulfide) groups is 1. The number of nitrogens with one attached hydrogen (secondary N) is 1. The second-order valence-electron chi connectivity index (χ2n) is 9.33. The van der Waals surface area contributed by atoms with Crippen LogP contribution in [0.3, 0.4) is 0 Å². The van der Waals surface area contributed by atoms with Gasteiger partial charge in [-0.05, 0) is 59.7 Å². The van der Waals surface area contributed by atoms with Crippen LogP contribution in [-0.4, -0.2) is 21.2 Å². The molecule has 3 aromatic carbocycles. The molecule has 180 valence electrons. The van der Waals surface area contributed by atoms with Gasteiger partial charge in [0.1, 0.15) is 0 Å². The minimum atomic E-state index is -0.142. The molecule has 6 heteroatoms. The zero-order valence-electron chi connectivity index (χ0n) is 20.8. The zero-order chi connectivity index (χ0) is 25.1. The molecule has 0 bridgehead atoms. The number of fused-ring (bicyclic) bond motifs is 1. The molecule has 0 saturated heterocycles. The molecule has 0 fully saturated rings. The minimum Gasteiger partial charge on any atom is -0.325 e. The van der Waals surface area contributed by atoms with Crippen molar-refractivity contribution in [2.24, 2.45) is 0 Å². The molecule has 1 amide bonds. The van der Waals surface area contributed by atoms with Gasteiger partial charge in [-0.3, -0.25) is 14.2 Å². The lowest BCUT2D eigenvalue weighted by atomic mass is 9.98. The summed E-state index contributed by atoms with van der Waals surface area (Å²) < 4.78 is 1.61. The summed E-state index contributed by atoms with van der Waals surface area (Å²) in [6.45, 7) is 10.5. The Hall–Kier alpha value is -3.38. The molecule has 35 heavy (non-hydrogen) atoms. The molecule has 1 heterocycles. The van der Waals surface area contributed by atoms with E-state index in [1.165, 1.54) is 17.3 Å². The number of carbonyl (C=O) groups excluding carboxylic acids is 1. The van der Waals surface area contributed by atoms with Gasteiger partial charge >= 0.3 is 0 Å². The molecule has 0 saturated carbocycles. The van der Waals surface area contributed by atoms with E-state index in [1.807, 2.05) is 67.6 Å². The highest BCUT2D eigenvalue weighted by Gasteiger charge is 2.17. The van der Waals surface area contributed by atoms with E-state index in [4.69, 9.17) is 4.98 Å². The number of carbonyl (C=O) groups is 1. The fraction of sp³-hybridized carbons (Fsp3) is 0.276. The third-order valence-electron chi connectivity index (χ3n) is 6.09. The van der Waals surface area contributed by atoms with Gasteiger partial charge in [0, 0.05) is 5.69 Å². The van der Waals surface area contributed by atoms with Crippen molar-refractivity contribution in [3.05, 3.63) is 93.8 Å². The van der Waals surface area contributed by atoms with Crippen LogP contribution in [0.5, 0.6) is 0 Å². The molecule has 4 rings (SSSR count). The maximum Gasteiger partial charge on any atom is 0.266 e. The van der Waals surface area contributed by atoms with E-state index in [2.05, 4.69) is 33.0 Å². The lowest BCUT2D eigenvalue weighted by molar-refractivity contribution is -0.113. The van der Waals surface area contributed by atoms with Gasteiger partial charge in [-0.2, -0.15) is 0 Å². The van der Waals surface area contributed by atoms with Gasteiger partial charge in [-0.15, -0.1) is 0 Å². The summed E-state index contributed by atoms with van der Waals surface area (Å²) in [5.41, 5.74) is 5.41. The number of hydrogen-bond acceptors (Lipinski definition) is 4. The van der Waals surface area contributed by atoms with Crippen LogP contribution in [0.15, 0.2) is 76.7 Å². The first-order valence-corrected chi connectivity index (χ1v) is 12.9. The number of rotatable bonds is 7. The molecule has 0 aliphatic heterocycles. The Morgan fingerprint density at radius 3 is 2.34 bits per heavy atom. The Labute approximate surface area is 210 Å². The number of para-hydroxylation sites is 2. The highest BCUT2D eigenvalue weighted by atomic mass is 32.2. The molecule has 0 aliphatic carbocycles. The van der Waals surface area contributed by atoms with Crippen LogP contribution in [0.25, 0.3) is 16.6 Å². The molecule has 0 atom stereocenters. The average Bonchev–Trinajstić information content (AvgIpc) is 2.84. The first kappa shape index (κ1) is 24.7. The minimum absolute atomic E-state index is 0.129. The Balaban J connectivity index is 1.67. The molecular weight excluding hydrogens is 454 g/mol. The fourth-order valence-electron chi connectivity index (χ4n) is 4.09. The molecule has 1 aromatic heterocycles. The Morgan fingerprint density at radius 1 is 0.943 bits per heavy atom. The maximum absolute atomic E-state index is 13.5. The summed E-state index contributed by atoms with van der Waals surface area (Å²) >= 11 is 1.27. The van der Waals surface area contributed by atoms with Crippen LogP contribution in [0.4, 0.5) is 5.69 Å². The normalized spacial score (nSPS) is 11.4. The number of benzene rings is 3. The van der Waals surface area contributed by atoms with Crippen molar-refractivity contribution in [2.45, 2.75) is 51.6 Å². The highest BCUT2D eigenvalue weighted by molar-refractivity contribution is 7.99. The van der Waals surface area contributed by atoms with Crippen LogP contribution >= 0.6 is 11.8 Å². The zero-order valence-corrected chi connectivity index (χ0v) is 21.6. The van der Waals surface area contributed by atoms with Crippen molar-refractivity contribution in [3.63, 3.8) is 0 Å². The number of nitrogens with zero attached hydrogens (tertiary/aromatic N) is 2. The van der Waals surface area contributed by atoms with Gasteiger partial charge < -0.3 is 5.32 Å². The monoisotopic (exact) mass is 485 g/mol. The smallest absolute Gasteiger partial charge is 0.266 e. The van der Waals surface area contributed by atoms with Gasteiger partial charge in [0.05, 0.1) is 22.3 Å². The van der Waals surface area contributed by atoms with E-state index in [9.17, 15) is 9.59 Å². The Morgan fingerprint density at radius 2 is 1.66 bits per heavy atom. The first-order valence-electron chi connectivity index (χ1n) is 11.9. The third-order valence-corrected chi connectivity index (χ3v) is 7.03.